The van der Waals surface area contributed by atoms with Crippen molar-refractivity contribution in [1.82, 2.24) is 9.97 Å². The second-order valence-corrected chi connectivity index (χ2v) is 8.15. The molecule has 1 aromatic carbocycles. The summed E-state index contributed by atoms with van der Waals surface area (Å²) in [5.74, 6) is 0.964. The predicted octanol–water partition coefficient (Wildman–Crippen LogP) is 4.06. The lowest BCUT2D eigenvalue weighted by Gasteiger charge is -2.19. The molecule has 0 amide bonds. The molecule has 26 heavy (non-hydrogen) atoms. The van der Waals surface area contributed by atoms with Crippen molar-refractivity contribution in [2.45, 2.75) is 44.6 Å². The number of hydrogen-bond donors (Lipinski definition) is 2. The zero-order chi connectivity index (χ0) is 17.6. The second kappa shape index (κ2) is 8.60. The molecule has 0 spiro atoms. The Labute approximate surface area is 159 Å². The molecule has 4 nitrogen and oxygen atoms in total. The molecule has 1 fully saturated rings. The summed E-state index contributed by atoms with van der Waals surface area (Å²) in [5, 5.41) is 7.21. The summed E-state index contributed by atoms with van der Waals surface area (Å²) in [4.78, 5) is 11.2. The van der Waals surface area contributed by atoms with Crippen molar-refractivity contribution in [3.63, 3.8) is 0 Å². The minimum atomic E-state index is 0.861. The largest absolute Gasteiger partial charge is 0.369 e. The number of benzene rings is 1. The molecule has 5 heteroatoms. The molecule has 0 radical (unpaired) electrons. The molecule has 3 N–H and O–H groups in total. The quantitative estimate of drug-likeness (QED) is 0.619. The summed E-state index contributed by atoms with van der Waals surface area (Å²) >= 11 is 1.73. The molecule has 4 rings (SSSR count). The van der Waals surface area contributed by atoms with Crippen LogP contribution in [0.3, 0.4) is 0 Å². The molecule has 0 unspecified atom stereocenters. The van der Waals surface area contributed by atoms with Crippen molar-refractivity contribution < 1.29 is 5.32 Å². The van der Waals surface area contributed by atoms with Crippen LogP contribution in [0.1, 0.15) is 38.5 Å². The average Bonchev–Trinajstić information content (AvgIpc) is 3.14. The van der Waals surface area contributed by atoms with Crippen LogP contribution in [0.15, 0.2) is 42.7 Å². The summed E-state index contributed by atoms with van der Waals surface area (Å²) in [6.07, 6.45) is 9.90. The summed E-state index contributed by atoms with van der Waals surface area (Å²) in [5.41, 5.74) is 1.24. The van der Waals surface area contributed by atoms with Crippen molar-refractivity contribution in [2.24, 2.45) is 0 Å². The molecule has 3 aromatic rings. The highest BCUT2D eigenvalue weighted by Gasteiger charge is 2.15. The monoisotopic (exact) mass is 367 g/mol. The number of quaternary nitrogens is 1. The number of hydrogen-bond acceptors (Lipinski definition) is 4. The predicted molar refractivity (Wildman–Crippen MR) is 110 cm³/mol. The van der Waals surface area contributed by atoms with Crippen LogP contribution in [-0.4, -0.2) is 29.1 Å². The van der Waals surface area contributed by atoms with Crippen LogP contribution >= 0.6 is 11.3 Å². The number of fused-ring (bicyclic) bond motifs is 1. The highest BCUT2D eigenvalue weighted by molar-refractivity contribution is 7.21. The maximum Gasteiger partial charge on any atom is 0.138 e. The smallest absolute Gasteiger partial charge is 0.138 e. The van der Waals surface area contributed by atoms with Gasteiger partial charge in [0.1, 0.15) is 17.0 Å². The maximum atomic E-state index is 4.48. The Morgan fingerprint density at radius 3 is 2.77 bits per heavy atom. The highest BCUT2D eigenvalue weighted by Crippen LogP contribution is 2.34. The molecule has 0 atom stereocenters. The van der Waals surface area contributed by atoms with Gasteiger partial charge in [0.2, 0.25) is 0 Å². The first-order valence-corrected chi connectivity index (χ1v) is 10.6. The first kappa shape index (κ1) is 17.4. The van der Waals surface area contributed by atoms with Gasteiger partial charge in [0.25, 0.3) is 0 Å². The number of anilines is 1. The summed E-state index contributed by atoms with van der Waals surface area (Å²) in [7, 11) is 0. The third-order valence-electron chi connectivity index (χ3n) is 5.21. The van der Waals surface area contributed by atoms with Gasteiger partial charge in [0.15, 0.2) is 0 Å². The number of nitrogens with two attached hydrogens (primary N) is 1. The number of thiophene rings is 1. The molecule has 1 saturated carbocycles. The van der Waals surface area contributed by atoms with E-state index in [1.165, 1.54) is 49.1 Å². The Bertz CT molecular complexity index is 824. The van der Waals surface area contributed by atoms with Crippen LogP contribution in [0.25, 0.3) is 20.7 Å². The zero-order valence-electron chi connectivity index (χ0n) is 15.2. The third kappa shape index (κ3) is 4.22. The van der Waals surface area contributed by atoms with Gasteiger partial charge in [0.05, 0.1) is 18.0 Å². The fourth-order valence-electron chi connectivity index (χ4n) is 3.77. The van der Waals surface area contributed by atoms with E-state index in [2.05, 4.69) is 50.9 Å². The molecule has 136 valence electrons. The normalized spacial score (nSPS) is 15.4. The summed E-state index contributed by atoms with van der Waals surface area (Å²) in [6, 6.07) is 13.6. The van der Waals surface area contributed by atoms with Crippen LogP contribution in [0.5, 0.6) is 0 Å². The Hall–Kier alpha value is -1.98. The zero-order valence-corrected chi connectivity index (χ0v) is 16.0. The van der Waals surface area contributed by atoms with Gasteiger partial charge in [-0.15, -0.1) is 11.3 Å². The number of nitrogens with zero attached hydrogens (tertiary/aromatic N) is 2. The number of aromatic nitrogens is 2. The fourth-order valence-corrected chi connectivity index (χ4v) is 4.78. The van der Waals surface area contributed by atoms with Gasteiger partial charge < -0.3 is 10.6 Å². The first-order chi connectivity index (χ1) is 12.9. The van der Waals surface area contributed by atoms with Crippen LogP contribution in [0.2, 0.25) is 0 Å². The van der Waals surface area contributed by atoms with Crippen LogP contribution < -0.4 is 10.6 Å². The standard InChI is InChI=1S/C21H26N4S/c1-3-8-16(9-4-1)19-14-18-20(24-15-25-21(18)26-19)23-13-7-12-22-17-10-5-2-6-11-17/h1,3-4,8-9,14-15,17,22H,2,5-7,10-13H2,(H,23,24,25)/p+1. The van der Waals surface area contributed by atoms with Gasteiger partial charge in [0, 0.05) is 17.8 Å². The van der Waals surface area contributed by atoms with Gasteiger partial charge in [-0.2, -0.15) is 0 Å². The molecule has 1 aliphatic rings. The Morgan fingerprint density at radius 2 is 1.92 bits per heavy atom. The molecular formula is C21H27N4S+. The van der Waals surface area contributed by atoms with Gasteiger partial charge in [-0.1, -0.05) is 36.8 Å². The molecule has 1 aliphatic carbocycles. The Kier molecular flexibility index (Phi) is 5.77. The topological polar surface area (TPSA) is 54.4 Å². The van der Waals surface area contributed by atoms with Gasteiger partial charge >= 0.3 is 0 Å². The van der Waals surface area contributed by atoms with E-state index in [0.717, 1.165) is 35.0 Å². The lowest BCUT2D eigenvalue weighted by molar-refractivity contribution is -0.691. The van der Waals surface area contributed by atoms with Crippen molar-refractivity contribution >= 4 is 27.4 Å². The van der Waals surface area contributed by atoms with Crippen LogP contribution in [0, 0.1) is 0 Å². The van der Waals surface area contributed by atoms with E-state index >= 15 is 0 Å². The van der Waals surface area contributed by atoms with E-state index in [1.807, 2.05) is 6.07 Å². The van der Waals surface area contributed by atoms with Gasteiger partial charge in [-0.25, -0.2) is 9.97 Å². The molecular weight excluding hydrogens is 340 g/mol. The third-order valence-corrected chi connectivity index (χ3v) is 6.30. The first-order valence-electron chi connectivity index (χ1n) is 9.77. The van der Waals surface area contributed by atoms with E-state index in [9.17, 15) is 0 Å². The van der Waals surface area contributed by atoms with Gasteiger partial charge in [-0.05, 0) is 37.3 Å². The lowest BCUT2D eigenvalue weighted by Crippen LogP contribution is -2.90. The van der Waals surface area contributed by atoms with Crippen molar-refractivity contribution in [3.8, 4) is 10.4 Å². The van der Waals surface area contributed by atoms with E-state index in [0.29, 0.717) is 0 Å². The van der Waals surface area contributed by atoms with Crippen LogP contribution in [-0.2, 0) is 0 Å². The van der Waals surface area contributed by atoms with E-state index in [-0.39, 0.29) is 0 Å². The Balaban J connectivity index is 1.35. The molecule has 2 aromatic heterocycles. The molecule has 0 bridgehead atoms. The molecule has 0 saturated heterocycles. The minimum absolute atomic E-state index is 0.861. The van der Waals surface area contributed by atoms with Crippen molar-refractivity contribution in [2.75, 3.05) is 18.4 Å². The average molecular weight is 368 g/mol. The van der Waals surface area contributed by atoms with E-state index in [4.69, 9.17) is 0 Å². The number of nitrogens with one attached hydrogen (secondary N) is 1. The minimum Gasteiger partial charge on any atom is -0.369 e. The highest BCUT2D eigenvalue weighted by atomic mass is 32.1. The van der Waals surface area contributed by atoms with Crippen LogP contribution in [0.4, 0.5) is 5.82 Å². The van der Waals surface area contributed by atoms with Crippen molar-refractivity contribution in [3.05, 3.63) is 42.7 Å². The van der Waals surface area contributed by atoms with E-state index in [1.54, 1.807) is 17.7 Å². The summed E-state index contributed by atoms with van der Waals surface area (Å²) < 4.78 is 0. The SMILES string of the molecule is c1ccc(-c2cc3c(NCCC[NH2+]C4CCCCC4)ncnc3s2)cc1. The fraction of sp³-hybridized carbons (Fsp3) is 0.429. The number of rotatable bonds is 7. The second-order valence-electron chi connectivity index (χ2n) is 7.12. The summed E-state index contributed by atoms with van der Waals surface area (Å²) in [6.45, 7) is 2.16. The lowest BCUT2D eigenvalue weighted by atomic mass is 9.95. The van der Waals surface area contributed by atoms with E-state index < -0.39 is 0 Å². The maximum absolute atomic E-state index is 4.48. The molecule has 0 aliphatic heterocycles. The Morgan fingerprint density at radius 1 is 1.08 bits per heavy atom. The molecule has 2 heterocycles. The van der Waals surface area contributed by atoms with Gasteiger partial charge in [-0.3, -0.25) is 0 Å². The van der Waals surface area contributed by atoms with Crippen molar-refractivity contribution in [1.29, 1.82) is 0 Å².